The first-order chi connectivity index (χ1) is 8.08. The topological polar surface area (TPSA) is 26.3 Å². The van der Waals surface area contributed by atoms with E-state index in [1.807, 2.05) is 6.92 Å². The summed E-state index contributed by atoms with van der Waals surface area (Å²) in [6.45, 7) is 1.95. The van der Waals surface area contributed by atoms with Gasteiger partial charge >= 0.3 is 0 Å². The number of rotatable bonds is 3. The van der Waals surface area contributed by atoms with Crippen molar-refractivity contribution >= 4 is 17.4 Å². The summed E-state index contributed by atoms with van der Waals surface area (Å²) in [5.41, 5.74) is 0.528. The normalized spacial score (nSPS) is 23.9. The molecule has 4 heteroatoms. The van der Waals surface area contributed by atoms with Crippen LogP contribution < -0.4 is 0 Å². The van der Waals surface area contributed by atoms with Gasteiger partial charge < -0.3 is 4.74 Å². The molecule has 1 aromatic rings. The van der Waals surface area contributed by atoms with Gasteiger partial charge in [-0.05, 0) is 31.4 Å². The van der Waals surface area contributed by atoms with Gasteiger partial charge in [0, 0.05) is 6.42 Å². The smallest absolute Gasteiger partial charge is 0.165 e. The Morgan fingerprint density at radius 2 is 2.29 bits per heavy atom. The summed E-state index contributed by atoms with van der Waals surface area (Å²) < 4.78 is 18.7. The van der Waals surface area contributed by atoms with Gasteiger partial charge in [-0.15, -0.1) is 0 Å². The Morgan fingerprint density at radius 1 is 1.53 bits per heavy atom. The average molecular weight is 257 g/mol. The molecule has 0 amide bonds. The number of ether oxygens (including phenoxy) is 1. The molecule has 1 fully saturated rings. The van der Waals surface area contributed by atoms with Crippen LogP contribution >= 0.6 is 11.6 Å². The highest BCUT2D eigenvalue weighted by Gasteiger charge is 2.28. The molecule has 2 nitrogen and oxygen atoms in total. The molecule has 1 aromatic carbocycles. The van der Waals surface area contributed by atoms with Crippen LogP contribution in [0.3, 0.4) is 0 Å². The second kappa shape index (κ2) is 5.15. The minimum Gasteiger partial charge on any atom is -0.367 e. The molecular formula is C13H14ClFO2. The predicted octanol–water partition coefficient (Wildman–Crippen LogP) is 3.16. The Bertz CT molecular complexity index is 433. The van der Waals surface area contributed by atoms with Gasteiger partial charge in [-0.2, -0.15) is 0 Å². The maximum absolute atomic E-state index is 13.2. The lowest BCUT2D eigenvalue weighted by molar-refractivity contribution is -0.128. The number of ketones is 1. The van der Waals surface area contributed by atoms with E-state index in [0.29, 0.717) is 5.56 Å². The molecule has 1 aliphatic heterocycles. The van der Waals surface area contributed by atoms with Crippen LogP contribution in [0.4, 0.5) is 4.39 Å². The van der Waals surface area contributed by atoms with Crippen molar-refractivity contribution in [2.45, 2.75) is 38.4 Å². The first kappa shape index (κ1) is 12.5. The van der Waals surface area contributed by atoms with Crippen molar-refractivity contribution < 1.29 is 13.9 Å². The molecule has 2 atom stereocenters. The molecule has 0 bridgehead atoms. The lowest BCUT2D eigenvalue weighted by Gasteiger charge is -2.10. The molecule has 1 heterocycles. The van der Waals surface area contributed by atoms with Gasteiger partial charge in [0.2, 0.25) is 0 Å². The summed E-state index contributed by atoms with van der Waals surface area (Å²) in [5.74, 6) is -0.514. The SMILES string of the molecule is CC1CCC(C(=O)Cc2cccc(F)c2Cl)O1. The zero-order valence-electron chi connectivity index (χ0n) is 9.58. The number of Topliss-reactive ketones (excluding diaryl/α,β-unsaturated/α-hetero) is 1. The van der Waals surface area contributed by atoms with Crippen LogP contribution in [0.15, 0.2) is 18.2 Å². The van der Waals surface area contributed by atoms with E-state index in [1.165, 1.54) is 6.07 Å². The Balaban J connectivity index is 2.06. The van der Waals surface area contributed by atoms with Gasteiger partial charge in [-0.3, -0.25) is 4.79 Å². The molecule has 0 aliphatic carbocycles. The molecule has 1 aliphatic rings. The number of benzene rings is 1. The first-order valence-corrected chi connectivity index (χ1v) is 6.07. The first-order valence-electron chi connectivity index (χ1n) is 5.69. The molecular weight excluding hydrogens is 243 g/mol. The number of hydrogen-bond donors (Lipinski definition) is 0. The summed E-state index contributed by atoms with van der Waals surface area (Å²) in [5, 5.41) is 0.0342. The van der Waals surface area contributed by atoms with Crippen LogP contribution in [0.1, 0.15) is 25.3 Å². The monoisotopic (exact) mass is 256 g/mol. The highest BCUT2D eigenvalue weighted by Crippen LogP contribution is 2.24. The Hall–Kier alpha value is -0.930. The lowest BCUT2D eigenvalue weighted by Crippen LogP contribution is -2.22. The molecule has 1 saturated heterocycles. The van der Waals surface area contributed by atoms with E-state index in [2.05, 4.69) is 0 Å². The van der Waals surface area contributed by atoms with Crippen LogP contribution in [0.2, 0.25) is 5.02 Å². The van der Waals surface area contributed by atoms with Crippen LogP contribution in [-0.4, -0.2) is 18.0 Å². The van der Waals surface area contributed by atoms with E-state index in [9.17, 15) is 9.18 Å². The van der Waals surface area contributed by atoms with Gasteiger partial charge in [0.25, 0.3) is 0 Å². The molecule has 2 unspecified atom stereocenters. The second-order valence-electron chi connectivity index (χ2n) is 4.37. The van der Waals surface area contributed by atoms with E-state index < -0.39 is 5.82 Å². The minimum absolute atomic E-state index is 0.0261. The highest BCUT2D eigenvalue weighted by molar-refractivity contribution is 6.31. The summed E-state index contributed by atoms with van der Waals surface area (Å²) in [7, 11) is 0. The zero-order chi connectivity index (χ0) is 12.4. The highest BCUT2D eigenvalue weighted by atomic mass is 35.5. The van der Waals surface area contributed by atoms with E-state index in [1.54, 1.807) is 12.1 Å². The predicted molar refractivity (Wildman–Crippen MR) is 63.7 cm³/mol. The van der Waals surface area contributed by atoms with Crippen molar-refractivity contribution in [3.05, 3.63) is 34.6 Å². The molecule has 0 radical (unpaired) electrons. The van der Waals surface area contributed by atoms with Gasteiger partial charge in [-0.25, -0.2) is 4.39 Å². The van der Waals surface area contributed by atoms with Gasteiger partial charge in [0.05, 0.1) is 11.1 Å². The van der Waals surface area contributed by atoms with Crippen molar-refractivity contribution in [3.8, 4) is 0 Å². The number of carbonyl (C=O) groups excluding carboxylic acids is 1. The van der Waals surface area contributed by atoms with E-state index in [-0.39, 0.29) is 29.4 Å². The summed E-state index contributed by atoms with van der Waals surface area (Å²) in [6.07, 6.45) is 1.55. The third kappa shape index (κ3) is 2.85. The van der Waals surface area contributed by atoms with E-state index >= 15 is 0 Å². The molecule has 2 rings (SSSR count). The van der Waals surface area contributed by atoms with Crippen molar-refractivity contribution in [3.63, 3.8) is 0 Å². The van der Waals surface area contributed by atoms with Crippen molar-refractivity contribution in [2.24, 2.45) is 0 Å². The molecule has 92 valence electrons. The molecule has 0 aromatic heterocycles. The second-order valence-corrected chi connectivity index (χ2v) is 4.75. The fraction of sp³-hybridized carbons (Fsp3) is 0.462. The number of hydrogen-bond acceptors (Lipinski definition) is 2. The van der Waals surface area contributed by atoms with Crippen molar-refractivity contribution in [2.75, 3.05) is 0 Å². The fourth-order valence-corrected chi connectivity index (χ4v) is 2.22. The largest absolute Gasteiger partial charge is 0.367 e. The number of halogens is 2. The molecule has 17 heavy (non-hydrogen) atoms. The third-order valence-electron chi connectivity index (χ3n) is 2.99. The van der Waals surface area contributed by atoms with Gasteiger partial charge in [-0.1, -0.05) is 23.7 Å². The van der Waals surface area contributed by atoms with Crippen LogP contribution in [0.25, 0.3) is 0 Å². The van der Waals surface area contributed by atoms with Crippen molar-refractivity contribution in [1.29, 1.82) is 0 Å². The molecule has 0 N–H and O–H groups in total. The summed E-state index contributed by atoms with van der Waals surface area (Å²) >= 11 is 5.80. The standard InChI is InChI=1S/C13H14ClFO2/c1-8-5-6-12(17-8)11(16)7-9-3-2-4-10(15)13(9)14/h2-4,8,12H,5-7H2,1H3. The van der Waals surface area contributed by atoms with E-state index in [0.717, 1.165) is 12.8 Å². The maximum atomic E-state index is 13.2. The zero-order valence-corrected chi connectivity index (χ0v) is 10.3. The molecule has 0 spiro atoms. The minimum atomic E-state index is -0.488. The Morgan fingerprint density at radius 3 is 2.94 bits per heavy atom. The average Bonchev–Trinajstić information content (AvgIpc) is 2.72. The molecule has 0 saturated carbocycles. The van der Waals surface area contributed by atoms with Crippen LogP contribution in [0.5, 0.6) is 0 Å². The van der Waals surface area contributed by atoms with Crippen LogP contribution in [-0.2, 0) is 16.0 Å². The summed E-state index contributed by atoms with van der Waals surface area (Å²) in [4.78, 5) is 11.9. The Kier molecular flexibility index (Phi) is 3.79. The van der Waals surface area contributed by atoms with Gasteiger partial charge in [0.1, 0.15) is 11.9 Å². The quantitative estimate of drug-likeness (QED) is 0.830. The third-order valence-corrected chi connectivity index (χ3v) is 3.41. The van der Waals surface area contributed by atoms with E-state index in [4.69, 9.17) is 16.3 Å². The lowest BCUT2D eigenvalue weighted by atomic mass is 10.0. The number of carbonyl (C=O) groups is 1. The Labute approximate surface area is 105 Å². The van der Waals surface area contributed by atoms with Crippen molar-refractivity contribution in [1.82, 2.24) is 0 Å². The van der Waals surface area contributed by atoms with Gasteiger partial charge in [0.15, 0.2) is 5.78 Å². The van der Waals surface area contributed by atoms with Crippen LogP contribution in [0, 0.1) is 5.82 Å². The fourth-order valence-electron chi connectivity index (χ4n) is 2.03. The maximum Gasteiger partial charge on any atom is 0.165 e. The summed E-state index contributed by atoms with van der Waals surface area (Å²) in [6, 6.07) is 4.51.